The summed E-state index contributed by atoms with van der Waals surface area (Å²) in [6, 6.07) is 23.9. The smallest absolute Gasteiger partial charge is 0.169 e. The molecule has 0 saturated heterocycles. The zero-order valence-electron chi connectivity index (χ0n) is 22.5. The summed E-state index contributed by atoms with van der Waals surface area (Å²) < 4.78 is 2.04. The van der Waals surface area contributed by atoms with Crippen molar-refractivity contribution in [3.05, 3.63) is 114 Å². The molecule has 6 heteroatoms. The number of aromatic amines is 1. The summed E-state index contributed by atoms with van der Waals surface area (Å²) in [5.41, 5.74) is 7.33. The number of pyridine rings is 1. The van der Waals surface area contributed by atoms with Crippen LogP contribution in [0.1, 0.15) is 22.3 Å². The Labute approximate surface area is 235 Å². The maximum absolute atomic E-state index is 3.08. The molecule has 0 radical (unpaired) electrons. The van der Waals surface area contributed by atoms with E-state index in [0.717, 1.165) is 24.6 Å². The molecule has 4 rings (SSSR count). The fourth-order valence-corrected chi connectivity index (χ4v) is 5.94. The van der Waals surface area contributed by atoms with E-state index in [2.05, 4.69) is 132 Å². The third kappa shape index (κ3) is 8.89. The normalized spacial score (nSPS) is 11.4. The molecule has 0 aliphatic carbocycles. The van der Waals surface area contributed by atoms with E-state index in [1.807, 2.05) is 45.6 Å². The van der Waals surface area contributed by atoms with Crippen LogP contribution in [0.15, 0.2) is 91.5 Å². The molecule has 4 nitrogen and oxygen atoms in total. The quantitative estimate of drug-likeness (QED) is 0.111. The fraction of sp³-hybridized carbons (Fsp3) is 0.219. The highest BCUT2D eigenvalue weighted by atomic mass is 33.1. The van der Waals surface area contributed by atoms with Crippen molar-refractivity contribution in [2.24, 2.45) is 7.05 Å². The van der Waals surface area contributed by atoms with Crippen LogP contribution in [0.2, 0.25) is 0 Å². The Kier molecular flexibility index (Phi) is 10.6. The predicted octanol–water partition coefficient (Wildman–Crippen LogP) is 7.13. The lowest BCUT2D eigenvalue weighted by molar-refractivity contribution is -0.671. The van der Waals surface area contributed by atoms with Crippen LogP contribution in [0.3, 0.4) is 0 Å². The molecular formula is C32H37N4S2+. The van der Waals surface area contributed by atoms with Crippen molar-refractivity contribution < 1.29 is 4.57 Å². The molecule has 2 heterocycles. The second-order valence-corrected chi connectivity index (χ2v) is 12.0. The molecule has 0 atom stereocenters. The second-order valence-electron chi connectivity index (χ2n) is 9.28. The lowest BCUT2D eigenvalue weighted by atomic mass is 10.1. The Bertz CT molecular complexity index is 1280. The first kappa shape index (κ1) is 27.7. The highest BCUT2D eigenvalue weighted by molar-refractivity contribution is 8.76. The molecule has 0 aliphatic heterocycles. The third-order valence-corrected chi connectivity index (χ3v) is 8.70. The number of aryl methyl sites for hydroxylation is 1. The minimum atomic E-state index is 1.03. The van der Waals surface area contributed by atoms with E-state index in [1.165, 1.54) is 33.6 Å². The SMILES string of the molecule is CN(CCSSCCN(C)c1ccc(/C=C/c2cc[nH]c2)cc1)c1ccc(/C=C/c2cc[n+](C)cc2)cc1. The van der Waals surface area contributed by atoms with Crippen molar-refractivity contribution in [2.45, 2.75) is 0 Å². The van der Waals surface area contributed by atoms with Gasteiger partial charge in [-0.15, -0.1) is 0 Å². The summed E-state index contributed by atoms with van der Waals surface area (Å²) in [6.07, 6.45) is 16.7. The van der Waals surface area contributed by atoms with Crippen LogP contribution in [0.25, 0.3) is 24.3 Å². The summed E-state index contributed by atoms with van der Waals surface area (Å²) >= 11 is 0. The molecule has 1 N–H and O–H groups in total. The highest BCUT2D eigenvalue weighted by Gasteiger charge is 2.03. The van der Waals surface area contributed by atoms with Crippen molar-refractivity contribution in [2.75, 3.05) is 48.5 Å². The standard InChI is InChI=1S/C32H37N4S2/c1-34-20-17-29(18-21-34)5-4-27-8-12-31(13-9-27)35(2)22-24-37-38-25-23-36(3)32-14-10-28(11-15-32)6-7-30-16-19-33-26-30/h4-21,26,33H,22-25H2,1-3H3/q+1/b7-6+. The van der Waals surface area contributed by atoms with E-state index < -0.39 is 0 Å². The molecule has 4 aromatic rings. The first-order chi connectivity index (χ1) is 18.6. The Hall–Kier alpha value is -3.35. The molecule has 0 bridgehead atoms. The molecule has 0 saturated carbocycles. The molecule has 0 spiro atoms. The maximum atomic E-state index is 3.08. The van der Waals surface area contributed by atoms with Gasteiger partial charge in [0.15, 0.2) is 12.4 Å². The molecule has 38 heavy (non-hydrogen) atoms. The van der Waals surface area contributed by atoms with Gasteiger partial charge in [-0.3, -0.25) is 0 Å². The number of rotatable bonds is 13. The monoisotopic (exact) mass is 541 g/mol. The van der Waals surface area contributed by atoms with Gasteiger partial charge in [-0.2, -0.15) is 0 Å². The summed E-state index contributed by atoms with van der Waals surface area (Å²) in [5.74, 6) is 2.20. The van der Waals surface area contributed by atoms with Crippen LogP contribution in [0.4, 0.5) is 11.4 Å². The molecule has 0 aliphatic rings. The molecule has 0 fully saturated rings. The van der Waals surface area contributed by atoms with Crippen LogP contribution in [0, 0.1) is 0 Å². The molecule has 2 aromatic carbocycles. The molecular weight excluding hydrogens is 505 g/mol. The number of anilines is 2. The van der Waals surface area contributed by atoms with Gasteiger partial charge in [-0.25, -0.2) is 4.57 Å². The number of nitrogens with one attached hydrogen (secondary N) is 1. The van der Waals surface area contributed by atoms with Gasteiger partial charge >= 0.3 is 0 Å². The largest absolute Gasteiger partial charge is 0.374 e. The molecule has 196 valence electrons. The maximum Gasteiger partial charge on any atom is 0.169 e. The summed E-state index contributed by atoms with van der Waals surface area (Å²) in [7, 11) is 10.3. The lowest BCUT2D eigenvalue weighted by Gasteiger charge is -2.20. The summed E-state index contributed by atoms with van der Waals surface area (Å²) in [4.78, 5) is 7.74. The van der Waals surface area contributed by atoms with E-state index in [0.29, 0.717) is 0 Å². The average Bonchev–Trinajstić information content (AvgIpc) is 3.48. The lowest BCUT2D eigenvalue weighted by Crippen LogP contribution is -2.25. The van der Waals surface area contributed by atoms with Crippen molar-refractivity contribution in [3.8, 4) is 0 Å². The summed E-state index contributed by atoms with van der Waals surface area (Å²) in [5, 5.41) is 0. The van der Waals surface area contributed by atoms with E-state index in [9.17, 15) is 0 Å². The van der Waals surface area contributed by atoms with E-state index in [-0.39, 0.29) is 0 Å². The van der Waals surface area contributed by atoms with E-state index >= 15 is 0 Å². The fourth-order valence-electron chi connectivity index (χ4n) is 3.85. The molecule has 0 amide bonds. The van der Waals surface area contributed by atoms with Gasteiger partial charge < -0.3 is 14.8 Å². The van der Waals surface area contributed by atoms with Crippen LogP contribution in [-0.2, 0) is 7.05 Å². The average molecular weight is 542 g/mol. The van der Waals surface area contributed by atoms with Gasteiger partial charge in [0, 0.05) is 74.6 Å². The summed E-state index contributed by atoms with van der Waals surface area (Å²) in [6.45, 7) is 2.06. The Morgan fingerprint density at radius 2 is 1.08 bits per heavy atom. The van der Waals surface area contributed by atoms with Crippen LogP contribution < -0.4 is 14.4 Å². The zero-order chi connectivity index (χ0) is 26.6. The minimum absolute atomic E-state index is 1.03. The van der Waals surface area contributed by atoms with Crippen LogP contribution in [0.5, 0.6) is 0 Å². The van der Waals surface area contributed by atoms with Gasteiger partial charge in [0.05, 0.1) is 0 Å². The van der Waals surface area contributed by atoms with Crippen molar-refractivity contribution in [1.29, 1.82) is 0 Å². The Morgan fingerprint density at radius 1 is 0.632 bits per heavy atom. The van der Waals surface area contributed by atoms with Crippen LogP contribution in [-0.4, -0.2) is 43.7 Å². The number of benzene rings is 2. The Balaban J connectivity index is 1.11. The number of hydrogen-bond donors (Lipinski definition) is 1. The third-order valence-electron chi connectivity index (χ3n) is 6.33. The minimum Gasteiger partial charge on any atom is -0.374 e. The van der Waals surface area contributed by atoms with Gasteiger partial charge in [0.1, 0.15) is 7.05 Å². The van der Waals surface area contributed by atoms with Gasteiger partial charge in [-0.05, 0) is 52.6 Å². The van der Waals surface area contributed by atoms with Gasteiger partial charge in [0.25, 0.3) is 0 Å². The van der Waals surface area contributed by atoms with Crippen molar-refractivity contribution in [1.82, 2.24) is 4.98 Å². The van der Waals surface area contributed by atoms with Crippen molar-refractivity contribution >= 4 is 57.3 Å². The van der Waals surface area contributed by atoms with E-state index in [4.69, 9.17) is 0 Å². The van der Waals surface area contributed by atoms with Crippen LogP contribution >= 0.6 is 21.6 Å². The first-order valence-corrected chi connectivity index (χ1v) is 15.4. The second kappa shape index (κ2) is 14.6. The predicted molar refractivity (Wildman–Crippen MR) is 171 cm³/mol. The van der Waals surface area contributed by atoms with E-state index in [1.54, 1.807) is 0 Å². The van der Waals surface area contributed by atoms with Gasteiger partial charge in [-0.1, -0.05) is 70.2 Å². The van der Waals surface area contributed by atoms with Gasteiger partial charge in [0.2, 0.25) is 0 Å². The highest BCUT2D eigenvalue weighted by Crippen LogP contribution is 2.24. The molecule has 0 unspecified atom stereocenters. The Morgan fingerprint density at radius 3 is 1.53 bits per heavy atom. The topological polar surface area (TPSA) is 26.1 Å². The number of hydrogen-bond acceptors (Lipinski definition) is 4. The number of nitrogens with zero attached hydrogens (tertiary/aromatic N) is 3. The number of aromatic nitrogens is 2. The zero-order valence-corrected chi connectivity index (χ0v) is 24.1. The molecule has 2 aromatic heterocycles. The number of H-pyrrole nitrogens is 1. The van der Waals surface area contributed by atoms with Crippen molar-refractivity contribution in [3.63, 3.8) is 0 Å². The first-order valence-electron chi connectivity index (χ1n) is 12.9.